The lowest BCUT2D eigenvalue weighted by Gasteiger charge is -2.27. The summed E-state index contributed by atoms with van der Waals surface area (Å²) in [6.45, 7) is 10.4. The molecule has 1 heterocycles. The van der Waals surface area contributed by atoms with Crippen molar-refractivity contribution < 1.29 is 14.3 Å². The van der Waals surface area contributed by atoms with Gasteiger partial charge in [-0.15, -0.1) is 0 Å². The highest BCUT2D eigenvalue weighted by atomic mass is 16.5. The highest BCUT2D eigenvalue weighted by Gasteiger charge is 2.32. The first kappa shape index (κ1) is 19.7. The molecule has 2 rings (SSSR count). The summed E-state index contributed by atoms with van der Waals surface area (Å²) in [4.78, 5) is 15.0. The SMILES string of the molecule is CCC[C@](C)(OCC)C(=O)Nc1ccc(OCCN2CCCC2)cc1. The molecule has 1 amide bonds. The van der Waals surface area contributed by atoms with E-state index in [1.807, 2.05) is 38.1 Å². The van der Waals surface area contributed by atoms with Gasteiger partial charge in [-0.05, 0) is 70.5 Å². The second kappa shape index (κ2) is 9.78. The van der Waals surface area contributed by atoms with Crippen LogP contribution in [0.3, 0.4) is 0 Å². The Morgan fingerprint density at radius 2 is 1.88 bits per heavy atom. The van der Waals surface area contributed by atoms with Gasteiger partial charge in [0.05, 0.1) is 0 Å². The van der Waals surface area contributed by atoms with Gasteiger partial charge in [0, 0.05) is 18.8 Å². The Bertz CT molecular complexity index is 518. The minimum atomic E-state index is -0.783. The van der Waals surface area contributed by atoms with Crippen molar-refractivity contribution in [2.45, 2.75) is 52.1 Å². The molecule has 0 unspecified atom stereocenters. The molecule has 1 aliphatic heterocycles. The summed E-state index contributed by atoms with van der Waals surface area (Å²) in [6, 6.07) is 7.55. The molecule has 140 valence electrons. The Balaban J connectivity index is 1.83. The highest BCUT2D eigenvalue weighted by Crippen LogP contribution is 2.22. The van der Waals surface area contributed by atoms with Gasteiger partial charge in [0.2, 0.25) is 0 Å². The van der Waals surface area contributed by atoms with Gasteiger partial charge in [0.15, 0.2) is 0 Å². The summed E-state index contributed by atoms with van der Waals surface area (Å²) in [5.74, 6) is 0.734. The van der Waals surface area contributed by atoms with Gasteiger partial charge in [-0.2, -0.15) is 0 Å². The number of hydrogen-bond acceptors (Lipinski definition) is 4. The van der Waals surface area contributed by atoms with E-state index in [4.69, 9.17) is 9.47 Å². The molecule has 0 aromatic heterocycles. The fourth-order valence-corrected chi connectivity index (χ4v) is 3.24. The smallest absolute Gasteiger partial charge is 0.256 e. The first-order valence-corrected chi connectivity index (χ1v) is 9.48. The van der Waals surface area contributed by atoms with Crippen molar-refractivity contribution in [1.29, 1.82) is 0 Å². The molecule has 5 heteroatoms. The van der Waals surface area contributed by atoms with Crippen molar-refractivity contribution in [1.82, 2.24) is 4.90 Å². The fourth-order valence-electron chi connectivity index (χ4n) is 3.24. The molecule has 1 aromatic rings. The normalized spacial score (nSPS) is 17.2. The number of benzene rings is 1. The van der Waals surface area contributed by atoms with Crippen LogP contribution in [-0.4, -0.2) is 49.3 Å². The van der Waals surface area contributed by atoms with E-state index in [0.717, 1.165) is 24.4 Å². The van der Waals surface area contributed by atoms with Crippen molar-refractivity contribution in [2.24, 2.45) is 0 Å². The highest BCUT2D eigenvalue weighted by molar-refractivity contribution is 5.97. The summed E-state index contributed by atoms with van der Waals surface area (Å²) in [5.41, 5.74) is -0.0204. The van der Waals surface area contributed by atoms with Gasteiger partial charge in [0.1, 0.15) is 18.0 Å². The third kappa shape index (κ3) is 6.01. The molecule has 0 spiro atoms. The first-order chi connectivity index (χ1) is 12.1. The number of likely N-dealkylation sites (tertiary alicyclic amines) is 1. The Morgan fingerprint density at radius 3 is 2.48 bits per heavy atom. The molecule has 1 atom stereocenters. The number of nitrogens with one attached hydrogen (secondary N) is 1. The van der Waals surface area contributed by atoms with Gasteiger partial charge in [-0.3, -0.25) is 9.69 Å². The van der Waals surface area contributed by atoms with E-state index in [9.17, 15) is 4.79 Å². The lowest BCUT2D eigenvalue weighted by Crippen LogP contribution is -2.42. The van der Waals surface area contributed by atoms with Crippen LogP contribution in [0.25, 0.3) is 0 Å². The van der Waals surface area contributed by atoms with Crippen LogP contribution in [0.2, 0.25) is 0 Å². The number of carbonyl (C=O) groups is 1. The molecule has 1 saturated heterocycles. The van der Waals surface area contributed by atoms with Crippen molar-refractivity contribution in [3.63, 3.8) is 0 Å². The molecule has 1 aromatic carbocycles. The Hall–Kier alpha value is -1.59. The maximum atomic E-state index is 12.5. The molecule has 0 aliphatic carbocycles. The van der Waals surface area contributed by atoms with Crippen LogP contribution in [0, 0.1) is 0 Å². The number of amides is 1. The van der Waals surface area contributed by atoms with Crippen LogP contribution in [0.4, 0.5) is 5.69 Å². The molecule has 5 nitrogen and oxygen atoms in total. The van der Waals surface area contributed by atoms with Gasteiger partial charge < -0.3 is 14.8 Å². The zero-order chi connectivity index (χ0) is 18.1. The lowest BCUT2D eigenvalue weighted by atomic mass is 9.99. The number of anilines is 1. The Labute approximate surface area is 151 Å². The van der Waals surface area contributed by atoms with Crippen LogP contribution in [0.5, 0.6) is 5.75 Å². The average molecular weight is 348 g/mol. The van der Waals surface area contributed by atoms with Gasteiger partial charge in [-0.1, -0.05) is 13.3 Å². The van der Waals surface area contributed by atoms with Crippen LogP contribution in [0.15, 0.2) is 24.3 Å². The Kier molecular flexibility index (Phi) is 7.72. The molecule has 0 saturated carbocycles. The summed E-state index contributed by atoms with van der Waals surface area (Å²) >= 11 is 0. The minimum absolute atomic E-state index is 0.0982. The molecule has 0 bridgehead atoms. The van der Waals surface area contributed by atoms with Crippen molar-refractivity contribution in [3.05, 3.63) is 24.3 Å². The fraction of sp³-hybridized carbons (Fsp3) is 0.650. The summed E-state index contributed by atoms with van der Waals surface area (Å²) in [6.07, 6.45) is 4.19. The number of ether oxygens (including phenoxy) is 2. The van der Waals surface area contributed by atoms with E-state index < -0.39 is 5.60 Å². The number of rotatable bonds is 10. The van der Waals surface area contributed by atoms with E-state index in [1.54, 1.807) is 0 Å². The monoisotopic (exact) mass is 348 g/mol. The second-order valence-corrected chi connectivity index (χ2v) is 6.79. The molecule has 0 radical (unpaired) electrons. The molecular weight excluding hydrogens is 316 g/mol. The largest absolute Gasteiger partial charge is 0.492 e. The van der Waals surface area contributed by atoms with E-state index in [-0.39, 0.29) is 5.91 Å². The van der Waals surface area contributed by atoms with Crippen molar-refractivity contribution in [3.8, 4) is 5.75 Å². The predicted octanol–water partition coefficient (Wildman–Crippen LogP) is 3.70. The molecule has 1 aliphatic rings. The quantitative estimate of drug-likeness (QED) is 0.700. The van der Waals surface area contributed by atoms with Crippen molar-refractivity contribution in [2.75, 3.05) is 38.2 Å². The summed E-state index contributed by atoms with van der Waals surface area (Å²) in [5, 5.41) is 2.95. The third-order valence-electron chi connectivity index (χ3n) is 4.66. The maximum absolute atomic E-state index is 12.5. The predicted molar refractivity (Wildman–Crippen MR) is 101 cm³/mol. The zero-order valence-electron chi connectivity index (χ0n) is 15.8. The molecule has 1 fully saturated rings. The first-order valence-electron chi connectivity index (χ1n) is 9.48. The van der Waals surface area contributed by atoms with E-state index in [1.165, 1.54) is 25.9 Å². The van der Waals surface area contributed by atoms with Gasteiger partial charge >= 0.3 is 0 Å². The van der Waals surface area contributed by atoms with Crippen LogP contribution in [-0.2, 0) is 9.53 Å². The molecule has 1 N–H and O–H groups in total. The number of hydrogen-bond donors (Lipinski definition) is 1. The Morgan fingerprint density at radius 1 is 1.20 bits per heavy atom. The number of carbonyl (C=O) groups excluding carboxylic acids is 1. The third-order valence-corrected chi connectivity index (χ3v) is 4.66. The molecular formula is C20H32N2O3. The number of nitrogens with zero attached hydrogens (tertiary/aromatic N) is 1. The van der Waals surface area contributed by atoms with E-state index in [2.05, 4.69) is 17.1 Å². The van der Waals surface area contributed by atoms with Crippen molar-refractivity contribution >= 4 is 11.6 Å². The minimum Gasteiger partial charge on any atom is -0.492 e. The standard InChI is InChI=1S/C20H32N2O3/c1-4-12-20(3,25-5-2)19(23)21-17-8-10-18(11-9-17)24-16-15-22-13-6-7-14-22/h8-11H,4-7,12-16H2,1-3H3,(H,21,23)/t20-/m0/s1. The van der Waals surface area contributed by atoms with Crippen LogP contribution >= 0.6 is 0 Å². The second-order valence-electron chi connectivity index (χ2n) is 6.79. The van der Waals surface area contributed by atoms with Gasteiger partial charge in [-0.25, -0.2) is 0 Å². The molecule has 25 heavy (non-hydrogen) atoms. The van der Waals surface area contributed by atoms with Crippen LogP contribution < -0.4 is 10.1 Å². The lowest BCUT2D eigenvalue weighted by molar-refractivity contribution is -0.139. The average Bonchev–Trinajstić information content (AvgIpc) is 3.10. The maximum Gasteiger partial charge on any atom is 0.256 e. The topological polar surface area (TPSA) is 50.8 Å². The zero-order valence-corrected chi connectivity index (χ0v) is 15.8. The summed E-state index contributed by atoms with van der Waals surface area (Å²) < 4.78 is 11.5. The van der Waals surface area contributed by atoms with E-state index in [0.29, 0.717) is 19.6 Å². The van der Waals surface area contributed by atoms with Crippen LogP contribution in [0.1, 0.15) is 46.5 Å². The van der Waals surface area contributed by atoms with E-state index >= 15 is 0 Å². The van der Waals surface area contributed by atoms with Gasteiger partial charge in [0.25, 0.3) is 5.91 Å². The summed E-state index contributed by atoms with van der Waals surface area (Å²) in [7, 11) is 0.